The molecule has 0 aliphatic carbocycles. The predicted molar refractivity (Wildman–Crippen MR) is 74.8 cm³/mol. The Bertz CT molecular complexity index is 590. The van der Waals surface area contributed by atoms with Gasteiger partial charge >= 0.3 is 5.97 Å². The molecule has 0 unspecified atom stereocenters. The third kappa shape index (κ3) is 6.55. The molecule has 8 heteroatoms. The van der Waals surface area contributed by atoms with Gasteiger partial charge in [-0.05, 0) is 12.8 Å². The molecule has 0 aliphatic rings. The second-order valence-corrected chi connectivity index (χ2v) is 4.47. The standard InChI is InChI=1S/C13H19N3O5/c1-21-13(20)5-3-2-4-8-14-11(18)9-16-12(19)7-6-10(17)15-16/h6-7H,2-5,8-9H2,1H3,(H,14,18)(H,15,17). The Hall–Kier alpha value is -2.38. The normalized spacial score (nSPS) is 10.1. The molecule has 0 atom stereocenters. The number of ether oxygens (including phenoxy) is 1. The van der Waals surface area contributed by atoms with E-state index in [0.717, 1.165) is 29.7 Å². The van der Waals surface area contributed by atoms with Crippen LogP contribution in [0, 0.1) is 0 Å². The highest BCUT2D eigenvalue weighted by Gasteiger charge is 2.04. The molecule has 116 valence electrons. The number of esters is 1. The number of methoxy groups -OCH3 is 1. The van der Waals surface area contributed by atoms with Crippen LogP contribution in [0.4, 0.5) is 0 Å². The number of aromatic nitrogens is 2. The fraction of sp³-hybridized carbons (Fsp3) is 0.538. The Morgan fingerprint density at radius 2 is 2.00 bits per heavy atom. The molecule has 1 aromatic heterocycles. The van der Waals surface area contributed by atoms with Gasteiger partial charge in [0.05, 0.1) is 7.11 Å². The maximum atomic E-state index is 11.6. The average molecular weight is 297 g/mol. The average Bonchev–Trinajstić information content (AvgIpc) is 2.46. The Morgan fingerprint density at radius 3 is 2.71 bits per heavy atom. The minimum atomic E-state index is -0.442. The molecule has 0 saturated heterocycles. The van der Waals surface area contributed by atoms with E-state index in [-0.39, 0.29) is 18.4 Å². The number of hydrogen-bond acceptors (Lipinski definition) is 5. The molecule has 1 aromatic rings. The lowest BCUT2D eigenvalue weighted by atomic mass is 10.2. The van der Waals surface area contributed by atoms with Gasteiger partial charge in [-0.15, -0.1) is 0 Å². The van der Waals surface area contributed by atoms with E-state index in [1.54, 1.807) is 0 Å². The van der Waals surface area contributed by atoms with Gasteiger partial charge in [-0.2, -0.15) is 0 Å². The maximum absolute atomic E-state index is 11.6. The highest BCUT2D eigenvalue weighted by molar-refractivity contribution is 5.75. The summed E-state index contributed by atoms with van der Waals surface area (Å²) in [5.74, 6) is -0.599. The smallest absolute Gasteiger partial charge is 0.305 e. The van der Waals surface area contributed by atoms with E-state index in [4.69, 9.17) is 0 Å². The minimum absolute atomic E-state index is 0.225. The number of rotatable bonds is 8. The monoisotopic (exact) mass is 297 g/mol. The lowest BCUT2D eigenvalue weighted by Gasteiger charge is -2.06. The highest BCUT2D eigenvalue weighted by Crippen LogP contribution is 1.99. The molecule has 1 amide bonds. The van der Waals surface area contributed by atoms with Gasteiger partial charge < -0.3 is 10.1 Å². The fourth-order valence-electron chi connectivity index (χ4n) is 1.68. The van der Waals surface area contributed by atoms with E-state index in [2.05, 4.69) is 15.2 Å². The van der Waals surface area contributed by atoms with Crippen molar-refractivity contribution in [3.05, 3.63) is 32.8 Å². The Kier molecular flexibility index (Phi) is 6.93. The summed E-state index contributed by atoms with van der Waals surface area (Å²) in [6.07, 6.45) is 2.58. The molecular formula is C13H19N3O5. The van der Waals surface area contributed by atoms with E-state index in [1.165, 1.54) is 7.11 Å². The van der Waals surface area contributed by atoms with Crippen LogP contribution in [0.1, 0.15) is 25.7 Å². The number of nitrogens with one attached hydrogen (secondary N) is 2. The van der Waals surface area contributed by atoms with Crippen LogP contribution in [0.3, 0.4) is 0 Å². The molecule has 0 saturated carbocycles. The molecule has 8 nitrogen and oxygen atoms in total. The zero-order chi connectivity index (χ0) is 15.7. The second-order valence-electron chi connectivity index (χ2n) is 4.47. The summed E-state index contributed by atoms with van der Waals surface area (Å²) in [6.45, 7) is 0.225. The van der Waals surface area contributed by atoms with Crippen molar-refractivity contribution in [2.45, 2.75) is 32.2 Å². The molecule has 0 fully saturated rings. The quantitative estimate of drug-likeness (QED) is 0.491. The van der Waals surface area contributed by atoms with Crippen molar-refractivity contribution in [3.63, 3.8) is 0 Å². The molecule has 0 bridgehead atoms. The van der Waals surface area contributed by atoms with Crippen LogP contribution in [0.5, 0.6) is 0 Å². The first kappa shape index (κ1) is 16.7. The van der Waals surface area contributed by atoms with Crippen molar-refractivity contribution in [1.29, 1.82) is 0 Å². The van der Waals surface area contributed by atoms with Crippen LogP contribution in [0.2, 0.25) is 0 Å². The minimum Gasteiger partial charge on any atom is -0.469 e. The lowest BCUT2D eigenvalue weighted by molar-refractivity contribution is -0.140. The maximum Gasteiger partial charge on any atom is 0.305 e. The van der Waals surface area contributed by atoms with Crippen molar-refractivity contribution in [1.82, 2.24) is 15.1 Å². The number of H-pyrrole nitrogens is 1. The van der Waals surface area contributed by atoms with Crippen LogP contribution in [0.15, 0.2) is 21.7 Å². The summed E-state index contributed by atoms with van der Waals surface area (Å²) >= 11 is 0. The zero-order valence-electron chi connectivity index (χ0n) is 11.9. The van der Waals surface area contributed by atoms with E-state index in [9.17, 15) is 19.2 Å². The van der Waals surface area contributed by atoms with E-state index < -0.39 is 11.1 Å². The van der Waals surface area contributed by atoms with E-state index in [0.29, 0.717) is 19.4 Å². The van der Waals surface area contributed by atoms with Gasteiger partial charge in [0.25, 0.3) is 11.1 Å². The van der Waals surface area contributed by atoms with Gasteiger partial charge in [-0.3, -0.25) is 24.3 Å². The van der Waals surface area contributed by atoms with E-state index >= 15 is 0 Å². The number of aromatic amines is 1. The molecule has 0 spiro atoms. The van der Waals surface area contributed by atoms with Crippen molar-refractivity contribution < 1.29 is 14.3 Å². The van der Waals surface area contributed by atoms with Gasteiger partial charge in [0.15, 0.2) is 0 Å². The van der Waals surface area contributed by atoms with Gasteiger partial charge in [0.2, 0.25) is 5.91 Å². The topological polar surface area (TPSA) is 110 Å². The molecule has 0 aromatic carbocycles. The third-order valence-electron chi connectivity index (χ3n) is 2.80. The lowest BCUT2D eigenvalue weighted by Crippen LogP contribution is -2.36. The molecule has 0 radical (unpaired) electrons. The SMILES string of the molecule is COC(=O)CCCCCNC(=O)Cn1[nH]c(=O)ccc1=O. The van der Waals surface area contributed by atoms with Gasteiger partial charge in [0.1, 0.15) is 6.54 Å². The Morgan fingerprint density at radius 1 is 1.24 bits per heavy atom. The summed E-state index contributed by atoms with van der Waals surface area (Å²) in [5, 5.41) is 4.92. The van der Waals surface area contributed by atoms with Crippen LogP contribution < -0.4 is 16.4 Å². The molecule has 2 N–H and O–H groups in total. The molecular weight excluding hydrogens is 278 g/mol. The van der Waals surface area contributed by atoms with Crippen molar-refractivity contribution >= 4 is 11.9 Å². The molecule has 1 rings (SSSR count). The van der Waals surface area contributed by atoms with Gasteiger partial charge in [0, 0.05) is 25.1 Å². The first-order valence-corrected chi connectivity index (χ1v) is 6.66. The number of unbranched alkanes of at least 4 members (excludes halogenated alkanes) is 2. The Labute approximate surface area is 121 Å². The molecule has 21 heavy (non-hydrogen) atoms. The number of nitrogens with zero attached hydrogens (tertiary/aromatic N) is 1. The first-order chi connectivity index (χ1) is 10.0. The predicted octanol–water partition coefficient (Wildman–Crippen LogP) is -0.614. The van der Waals surface area contributed by atoms with Crippen molar-refractivity contribution in [2.24, 2.45) is 0 Å². The summed E-state index contributed by atoms with van der Waals surface area (Å²) in [6, 6.07) is 2.22. The van der Waals surface area contributed by atoms with Gasteiger partial charge in [-0.25, -0.2) is 4.68 Å². The van der Waals surface area contributed by atoms with Crippen molar-refractivity contribution in [2.75, 3.05) is 13.7 Å². The fourth-order valence-corrected chi connectivity index (χ4v) is 1.68. The molecule has 1 heterocycles. The largest absolute Gasteiger partial charge is 0.469 e. The third-order valence-corrected chi connectivity index (χ3v) is 2.80. The second kappa shape index (κ2) is 8.72. The zero-order valence-corrected chi connectivity index (χ0v) is 11.9. The summed E-state index contributed by atoms with van der Waals surface area (Å²) in [7, 11) is 1.35. The van der Waals surface area contributed by atoms with Crippen LogP contribution in [0.25, 0.3) is 0 Å². The Balaban J connectivity index is 2.23. The number of carbonyl (C=O) groups is 2. The van der Waals surface area contributed by atoms with Crippen LogP contribution in [-0.4, -0.2) is 35.3 Å². The first-order valence-electron chi connectivity index (χ1n) is 6.66. The highest BCUT2D eigenvalue weighted by atomic mass is 16.5. The summed E-state index contributed by atoms with van der Waals surface area (Å²) in [5.41, 5.74) is -0.881. The van der Waals surface area contributed by atoms with Crippen LogP contribution >= 0.6 is 0 Å². The summed E-state index contributed by atoms with van der Waals surface area (Å²) < 4.78 is 5.47. The van der Waals surface area contributed by atoms with Crippen molar-refractivity contribution in [3.8, 4) is 0 Å². The number of amides is 1. The van der Waals surface area contributed by atoms with Crippen LogP contribution in [-0.2, 0) is 20.9 Å². The van der Waals surface area contributed by atoms with E-state index in [1.807, 2.05) is 0 Å². The number of hydrogen-bond donors (Lipinski definition) is 2. The summed E-state index contributed by atoms with van der Waals surface area (Å²) in [4.78, 5) is 44.9. The number of carbonyl (C=O) groups excluding carboxylic acids is 2. The van der Waals surface area contributed by atoms with Gasteiger partial charge in [-0.1, -0.05) is 6.42 Å². The molecule has 0 aliphatic heterocycles.